The number of hydrogen-bond acceptors (Lipinski definition) is 5. The second-order valence-electron chi connectivity index (χ2n) is 5.04. The van der Waals surface area contributed by atoms with Gasteiger partial charge in [0, 0.05) is 12.1 Å². The van der Waals surface area contributed by atoms with Gasteiger partial charge in [-0.25, -0.2) is 15.6 Å². The van der Waals surface area contributed by atoms with Gasteiger partial charge < -0.3 is 4.74 Å². The highest BCUT2D eigenvalue weighted by atomic mass is 16.6. The second-order valence-corrected chi connectivity index (χ2v) is 5.04. The number of nitro groups is 1. The van der Waals surface area contributed by atoms with E-state index < -0.39 is 16.6 Å². The van der Waals surface area contributed by atoms with Crippen LogP contribution in [0.5, 0.6) is 0 Å². The van der Waals surface area contributed by atoms with Crippen LogP contribution in [0, 0.1) is 10.1 Å². The van der Waals surface area contributed by atoms with E-state index in [-0.39, 0.29) is 12.2 Å². The molecule has 1 aromatic carbocycles. The van der Waals surface area contributed by atoms with Crippen molar-refractivity contribution in [1.29, 1.82) is 0 Å². The summed E-state index contributed by atoms with van der Waals surface area (Å²) in [7, 11) is 0. The van der Waals surface area contributed by atoms with E-state index in [1.165, 1.54) is 18.2 Å². The largest absolute Gasteiger partial charge is 0.443 e. The lowest BCUT2D eigenvalue weighted by Crippen LogP contribution is -2.40. The van der Waals surface area contributed by atoms with Crippen molar-refractivity contribution in [2.24, 2.45) is 5.84 Å². The molecule has 0 fully saturated rings. The summed E-state index contributed by atoms with van der Waals surface area (Å²) in [5.74, 6) is 5.57. The minimum Gasteiger partial charge on any atom is -0.443 e. The Bertz CT molecular complexity index is 482. The molecule has 0 aliphatic rings. The summed E-state index contributed by atoms with van der Waals surface area (Å²) in [5, 5.41) is 11.5. The van der Waals surface area contributed by atoms with E-state index in [1.54, 1.807) is 26.8 Å². The van der Waals surface area contributed by atoms with Crippen LogP contribution >= 0.6 is 0 Å². The zero-order chi connectivity index (χ0) is 14.6. The molecule has 1 amide bonds. The van der Waals surface area contributed by atoms with Gasteiger partial charge in [0.25, 0.3) is 5.69 Å². The highest BCUT2D eigenvalue weighted by Crippen LogP contribution is 2.15. The molecule has 1 rings (SSSR count). The number of nitrogens with two attached hydrogens (primary N) is 1. The number of carbonyl (C=O) groups is 1. The Labute approximate surface area is 111 Å². The third-order valence-corrected chi connectivity index (χ3v) is 2.10. The van der Waals surface area contributed by atoms with Crippen molar-refractivity contribution in [2.75, 3.05) is 0 Å². The van der Waals surface area contributed by atoms with Crippen molar-refractivity contribution in [1.82, 2.24) is 5.01 Å². The minimum absolute atomic E-state index is 0.0383. The molecule has 0 saturated carbocycles. The highest BCUT2D eigenvalue weighted by molar-refractivity contribution is 5.67. The number of nitro benzene ring substituents is 1. The number of hydrazine groups is 1. The van der Waals surface area contributed by atoms with E-state index in [0.717, 1.165) is 5.01 Å². The average molecular weight is 267 g/mol. The number of rotatable bonds is 3. The molecule has 0 heterocycles. The van der Waals surface area contributed by atoms with E-state index >= 15 is 0 Å². The van der Waals surface area contributed by atoms with Crippen LogP contribution in [0.2, 0.25) is 0 Å². The first kappa shape index (κ1) is 14.9. The first-order chi connectivity index (χ1) is 8.69. The summed E-state index contributed by atoms with van der Waals surface area (Å²) in [4.78, 5) is 21.8. The summed E-state index contributed by atoms with van der Waals surface area (Å²) in [6.07, 6.45) is -0.681. The van der Waals surface area contributed by atoms with Crippen LogP contribution in [0.1, 0.15) is 26.3 Å². The average Bonchev–Trinajstić information content (AvgIpc) is 2.27. The van der Waals surface area contributed by atoms with Gasteiger partial charge >= 0.3 is 6.09 Å². The van der Waals surface area contributed by atoms with Crippen molar-refractivity contribution < 1.29 is 14.5 Å². The lowest BCUT2D eigenvalue weighted by atomic mass is 10.2. The molecule has 0 aliphatic heterocycles. The molecule has 2 N–H and O–H groups in total. The van der Waals surface area contributed by atoms with Crippen LogP contribution in [0.3, 0.4) is 0 Å². The molecule has 0 aliphatic carbocycles. The molecule has 7 heteroatoms. The number of benzene rings is 1. The van der Waals surface area contributed by atoms with Gasteiger partial charge in [0.15, 0.2) is 0 Å². The number of hydrogen-bond donors (Lipinski definition) is 1. The standard InChI is InChI=1S/C12H17N3O4/c1-12(2,3)19-11(16)14(13)8-9-5-4-6-10(7-9)15(17)18/h4-7H,8,13H2,1-3H3. The van der Waals surface area contributed by atoms with Crippen LogP contribution in [0.25, 0.3) is 0 Å². The Morgan fingerprint density at radius 2 is 2.11 bits per heavy atom. The van der Waals surface area contributed by atoms with Gasteiger partial charge in [0.2, 0.25) is 0 Å². The van der Waals surface area contributed by atoms with Crippen molar-refractivity contribution in [3.05, 3.63) is 39.9 Å². The third-order valence-electron chi connectivity index (χ3n) is 2.10. The van der Waals surface area contributed by atoms with Crippen LogP contribution in [0.15, 0.2) is 24.3 Å². The fourth-order valence-corrected chi connectivity index (χ4v) is 1.35. The highest BCUT2D eigenvalue weighted by Gasteiger charge is 2.20. The molecule has 1 aromatic rings. The van der Waals surface area contributed by atoms with Gasteiger partial charge in [-0.2, -0.15) is 0 Å². The molecule has 0 spiro atoms. The second kappa shape index (κ2) is 5.66. The van der Waals surface area contributed by atoms with E-state index in [4.69, 9.17) is 10.6 Å². The summed E-state index contributed by atoms with van der Waals surface area (Å²) in [6.45, 7) is 5.22. The zero-order valence-electron chi connectivity index (χ0n) is 11.1. The van der Waals surface area contributed by atoms with Crippen LogP contribution in [-0.4, -0.2) is 21.6 Å². The quantitative estimate of drug-likeness (QED) is 0.392. The Balaban J connectivity index is 2.71. The first-order valence-corrected chi connectivity index (χ1v) is 5.67. The number of ether oxygens (including phenoxy) is 1. The predicted molar refractivity (Wildman–Crippen MR) is 69.1 cm³/mol. The summed E-state index contributed by atoms with van der Waals surface area (Å²) >= 11 is 0. The Kier molecular flexibility index (Phi) is 4.44. The summed E-state index contributed by atoms with van der Waals surface area (Å²) in [5.41, 5.74) is -0.130. The predicted octanol–water partition coefficient (Wildman–Crippen LogP) is 2.21. The van der Waals surface area contributed by atoms with Gasteiger partial charge in [-0.1, -0.05) is 12.1 Å². The van der Waals surface area contributed by atoms with Gasteiger partial charge in [-0.15, -0.1) is 0 Å². The normalized spacial score (nSPS) is 10.9. The number of carbonyl (C=O) groups excluding carboxylic acids is 1. The molecule has 7 nitrogen and oxygen atoms in total. The lowest BCUT2D eigenvalue weighted by Gasteiger charge is -2.24. The Morgan fingerprint density at radius 3 is 2.63 bits per heavy atom. The van der Waals surface area contributed by atoms with E-state index in [2.05, 4.69) is 0 Å². The zero-order valence-corrected chi connectivity index (χ0v) is 11.1. The smallest absolute Gasteiger partial charge is 0.424 e. The summed E-state index contributed by atoms with van der Waals surface area (Å²) in [6, 6.07) is 5.93. The van der Waals surface area contributed by atoms with Crippen molar-refractivity contribution in [2.45, 2.75) is 32.9 Å². The maximum Gasteiger partial charge on any atom is 0.424 e. The minimum atomic E-state index is -0.681. The molecule has 0 atom stereocenters. The topological polar surface area (TPSA) is 98.7 Å². The van der Waals surface area contributed by atoms with Gasteiger partial charge in [-0.05, 0) is 26.3 Å². The number of amides is 1. The molecular formula is C12H17N3O4. The molecule has 104 valence electrons. The molecular weight excluding hydrogens is 250 g/mol. The maximum absolute atomic E-state index is 11.6. The van der Waals surface area contributed by atoms with Gasteiger partial charge in [-0.3, -0.25) is 10.1 Å². The molecule has 19 heavy (non-hydrogen) atoms. The molecule has 0 bridgehead atoms. The molecule has 0 radical (unpaired) electrons. The SMILES string of the molecule is CC(C)(C)OC(=O)N(N)Cc1cccc([N+](=O)[O-])c1. The number of nitrogens with zero attached hydrogens (tertiary/aromatic N) is 2. The van der Waals surface area contributed by atoms with E-state index in [0.29, 0.717) is 5.56 Å². The van der Waals surface area contributed by atoms with Crippen LogP contribution in [0.4, 0.5) is 10.5 Å². The Morgan fingerprint density at radius 1 is 1.47 bits per heavy atom. The number of non-ortho nitro benzene ring substituents is 1. The summed E-state index contributed by atoms with van der Waals surface area (Å²) < 4.78 is 5.08. The van der Waals surface area contributed by atoms with Crippen LogP contribution in [-0.2, 0) is 11.3 Å². The Hall–Kier alpha value is -2.15. The van der Waals surface area contributed by atoms with Crippen molar-refractivity contribution >= 4 is 11.8 Å². The van der Waals surface area contributed by atoms with E-state index in [9.17, 15) is 14.9 Å². The van der Waals surface area contributed by atoms with E-state index in [1.807, 2.05) is 0 Å². The van der Waals surface area contributed by atoms with Crippen molar-refractivity contribution in [3.63, 3.8) is 0 Å². The van der Waals surface area contributed by atoms with Crippen LogP contribution < -0.4 is 5.84 Å². The molecule has 0 aromatic heterocycles. The molecule has 0 unspecified atom stereocenters. The molecule has 0 saturated heterocycles. The third kappa shape index (κ3) is 4.92. The van der Waals surface area contributed by atoms with Gasteiger partial charge in [0.1, 0.15) is 5.60 Å². The fourth-order valence-electron chi connectivity index (χ4n) is 1.35. The van der Waals surface area contributed by atoms with Gasteiger partial charge in [0.05, 0.1) is 11.5 Å². The van der Waals surface area contributed by atoms with Crippen molar-refractivity contribution in [3.8, 4) is 0 Å². The fraction of sp³-hybridized carbons (Fsp3) is 0.417. The monoisotopic (exact) mass is 267 g/mol. The lowest BCUT2D eigenvalue weighted by molar-refractivity contribution is -0.384. The maximum atomic E-state index is 11.6. The first-order valence-electron chi connectivity index (χ1n) is 5.67.